The van der Waals surface area contributed by atoms with E-state index in [9.17, 15) is 10.2 Å². The maximum atomic E-state index is 9.98. The second kappa shape index (κ2) is 7.24. The van der Waals surface area contributed by atoms with Gasteiger partial charge >= 0.3 is 0 Å². The molecular weight excluding hydrogens is 248 g/mol. The predicted molar refractivity (Wildman–Crippen MR) is 85.1 cm³/mol. The fourth-order valence-corrected chi connectivity index (χ4v) is 2.39. The standard InChI is InChI=1S/C18H30O2/c1-6-7-16(19)17(20)11-9-14-12-15(18(3,4)5)10-8-13(14)2/h8,10,12,16-17,19-20H,6-7,9,11H2,1-5H3. The molecule has 0 aliphatic heterocycles. The highest BCUT2D eigenvalue weighted by molar-refractivity contribution is 5.34. The molecule has 0 radical (unpaired) electrons. The van der Waals surface area contributed by atoms with Crippen molar-refractivity contribution in [2.75, 3.05) is 0 Å². The molecule has 0 aliphatic carbocycles. The molecule has 0 aliphatic rings. The minimum atomic E-state index is -0.618. The molecule has 1 rings (SSSR count). The Morgan fingerprint density at radius 3 is 2.20 bits per heavy atom. The smallest absolute Gasteiger partial charge is 0.0802 e. The average Bonchev–Trinajstić information content (AvgIpc) is 2.36. The molecule has 0 saturated carbocycles. The van der Waals surface area contributed by atoms with Gasteiger partial charge in [-0.05, 0) is 48.3 Å². The maximum Gasteiger partial charge on any atom is 0.0802 e. The third kappa shape index (κ3) is 4.92. The summed E-state index contributed by atoms with van der Waals surface area (Å²) in [7, 11) is 0. The average molecular weight is 278 g/mol. The van der Waals surface area contributed by atoms with Crippen LogP contribution in [-0.4, -0.2) is 22.4 Å². The quantitative estimate of drug-likeness (QED) is 0.832. The lowest BCUT2D eigenvalue weighted by molar-refractivity contribution is 0.00978. The van der Waals surface area contributed by atoms with Gasteiger partial charge in [0.05, 0.1) is 12.2 Å². The molecule has 1 aromatic carbocycles. The number of aryl methyl sites for hydroxylation is 2. The molecule has 0 saturated heterocycles. The summed E-state index contributed by atoms with van der Waals surface area (Å²) in [5.41, 5.74) is 4.00. The normalized spacial score (nSPS) is 15.2. The highest BCUT2D eigenvalue weighted by Gasteiger charge is 2.17. The van der Waals surface area contributed by atoms with E-state index in [0.29, 0.717) is 12.8 Å². The van der Waals surface area contributed by atoms with Gasteiger partial charge in [0.15, 0.2) is 0 Å². The molecule has 20 heavy (non-hydrogen) atoms. The number of aliphatic hydroxyl groups is 2. The van der Waals surface area contributed by atoms with Gasteiger partial charge in [0.2, 0.25) is 0 Å². The first kappa shape index (κ1) is 17.2. The lowest BCUT2D eigenvalue weighted by atomic mass is 9.84. The number of benzene rings is 1. The Morgan fingerprint density at radius 1 is 1.05 bits per heavy atom. The van der Waals surface area contributed by atoms with E-state index in [4.69, 9.17) is 0 Å². The van der Waals surface area contributed by atoms with Gasteiger partial charge in [-0.2, -0.15) is 0 Å². The van der Waals surface area contributed by atoms with Crippen LogP contribution in [0.4, 0.5) is 0 Å². The van der Waals surface area contributed by atoms with Crippen LogP contribution in [0.3, 0.4) is 0 Å². The third-order valence-corrected chi connectivity index (χ3v) is 3.95. The van der Waals surface area contributed by atoms with E-state index >= 15 is 0 Å². The van der Waals surface area contributed by atoms with Crippen LogP contribution in [0.5, 0.6) is 0 Å². The van der Waals surface area contributed by atoms with Crippen molar-refractivity contribution in [1.82, 2.24) is 0 Å². The van der Waals surface area contributed by atoms with E-state index in [2.05, 4.69) is 45.9 Å². The van der Waals surface area contributed by atoms with E-state index < -0.39 is 12.2 Å². The Kier molecular flexibility index (Phi) is 6.22. The van der Waals surface area contributed by atoms with E-state index in [1.165, 1.54) is 16.7 Å². The second-order valence-electron chi connectivity index (χ2n) is 6.85. The molecule has 0 aromatic heterocycles. The summed E-state index contributed by atoms with van der Waals surface area (Å²) in [4.78, 5) is 0. The molecule has 114 valence electrons. The highest BCUT2D eigenvalue weighted by atomic mass is 16.3. The van der Waals surface area contributed by atoms with Crippen LogP contribution in [0.1, 0.15) is 63.6 Å². The molecule has 2 N–H and O–H groups in total. The Bertz CT molecular complexity index is 418. The van der Waals surface area contributed by atoms with E-state index in [1.54, 1.807) is 0 Å². The molecule has 0 spiro atoms. The Balaban J connectivity index is 2.72. The minimum absolute atomic E-state index is 0.142. The van der Waals surface area contributed by atoms with Crippen LogP contribution in [0.2, 0.25) is 0 Å². The fourth-order valence-electron chi connectivity index (χ4n) is 2.39. The summed E-state index contributed by atoms with van der Waals surface area (Å²) in [6.07, 6.45) is 1.80. The molecule has 0 bridgehead atoms. The Hall–Kier alpha value is -0.860. The highest BCUT2D eigenvalue weighted by Crippen LogP contribution is 2.25. The van der Waals surface area contributed by atoms with Crippen LogP contribution in [0, 0.1) is 6.92 Å². The zero-order valence-corrected chi connectivity index (χ0v) is 13.6. The fraction of sp³-hybridized carbons (Fsp3) is 0.667. The largest absolute Gasteiger partial charge is 0.390 e. The van der Waals surface area contributed by atoms with Gasteiger partial charge in [0.25, 0.3) is 0 Å². The van der Waals surface area contributed by atoms with Gasteiger partial charge in [0.1, 0.15) is 0 Å². The van der Waals surface area contributed by atoms with Crippen LogP contribution >= 0.6 is 0 Å². The molecule has 1 aromatic rings. The van der Waals surface area contributed by atoms with E-state index in [0.717, 1.165) is 12.8 Å². The van der Waals surface area contributed by atoms with Gasteiger partial charge in [-0.3, -0.25) is 0 Å². The van der Waals surface area contributed by atoms with Crippen molar-refractivity contribution in [3.05, 3.63) is 34.9 Å². The summed E-state index contributed by atoms with van der Waals surface area (Å²) in [5.74, 6) is 0. The molecule has 2 atom stereocenters. The topological polar surface area (TPSA) is 40.5 Å². The molecule has 0 amide bonds. The first-order valence-corrected chi connectivity index (χ1v) is 7.71. The van der Waals surface area contributed by atoms with Gasteiger partial charge in [0, 0.05) is 0 Å². The molecule has 0 heterocycles. The number of aliphatic hydroxyl groups excluding tert-OH is 2. The van der Waals surface area contributed by atoms with Crippen LogP contribution in [0.25, 0.3) is 0 Å². The van der Waals surface area contributed by atoms with Crippen molar-refractivity contribution in [2.45, 2.75) is 77.9 Å². The molecule has 0 fully saturated rings. The SMILES string of the molecule is CCCC(O)C(O)CCc1cc(C(C)(C)C)ccc1C. The lowest BCUT2D eigenvalue weighted by Gasteiger charge is -2.22. The van der Waals surface area contributed by atoms with E-state index in [1.807, 2.05) is 6.92 Å². The van der Waals surface area contributed by atoms with Crippen molar-refractivity contribution >= 4 is 0 Å². The lowest BCUT2D eigenvalue weighted by Crippen LogP contribution is -2.26. The molecular formula is C18H30O2. The van der Waals surface area contributed by atoms with Gasteiger partial charge in [-0.1, -0.05) is 52.3 Å². The molecule has 2 heteroatoms. The van der Waals surface area contributed by atoms with Crippen molar-refractivity contribution < 1.29 is 10.2 Å². The predicted octanol–water partition coefficient (Wildman–Crippen LogP) is 3.75. The van der Waals surface area contributed by atoms with Crippen LogP contribution < -0.4 is 0 Å². The molecule has 2 nitrogen and oxygen atoms in total. The first-order chi connectivity index (χ1) is 9.25. The minimum Gasteiger partial charge on any atom is -0.390 e. The number of hydrogen-bond acceptors (Lipinski definition) is 2. The van der Waals surface area contributed by atoms with Gasteiger partial charge in [-0.15, -0.1) is 0 Å². The number of hydrogen-bond donors (Lipinski definition) is 2. The summed E-state index contributed by atoms with van der Waals surface area (Å²) in [5, 5.41) is 19.8. The Morgan fingerprint density at radius 2 is 1.65 bits per heavy atom. The summed E-state index contributed by atoms with van der Waals surface area (Å²) >= 11 is 0. The van der Waals surface area contributed by atoms with Gasteiger partial charge < -0.3 is 10.2 Å². The van der Waals surface area contributed by atoms with Crippen LogP contribution in [-0.2, 0) is 11.8 Å². The van der Waals surface area contributed by atoms with Crippen molar-refractivity contribution in [3.8, 4) is 0 Å². The Labute approximate surface area is 123 Å². The maximum absolute atomic E-state index is 9.98. The number of rotatable bonds is 6. The summed E-state index contributed by atoms with van der Waals surface area (Å²) < 4.78 is 0. The third-order valence-electron chi connectivity index (χ3n) is 3.95. The monoisotopic (exact) mass is 278 g/mol. The van der Waals surface area contributed by atoms with Gasteiger partial charge in [-0.25, -0.2) is 0 Å². The van der Waals surface area contributed by atoms with Crippen molar-refractivity contribution in [2.24, 2.45) is 0 Å². The summed E-state index contributed by atoms with van der Waals surface area (Å²) in [6.45, 7) is 10.8. The van der Waals surface area contributed by atoms with E-state index in [-0.39, 0.29) is 5.41 Å². The first-order valence-electron chi connectivity index (χ1n) is 7.71. The zero-order valence-electron chi connectivity index (χ0n) is 13.6. The van der Waals surface area contributed by atoms with Crippen molar-refractivity contribution in [1.29, 1.82) is 0 Å². The molecule has 2 unspecified atom stereocenters. The van der Waals surface area contributed by atoms with Crippen LogP contribution in [0.15, 0.2) is 18.2 Å². The zero-order chi connectivity index (χ0) is 15.3. The summed E-state index contributed by atoms with van der Waals surface area (Å²) in [6, 6.07) is 6.58. The second-order valence-corrected chi connectivity index (χ2v) is 6.85. The van der Waals surface area contributed by atoms with Crippen molar-refractivity contribution in [3.63, 3.8) is 0 Å².